The third kappa shape index (κ3) is 4.79. The quantitative estimate of drug-likeness (QED) is 0.688. The molecule has 0 bridgehead atoms. The Labute approximate surface area is 103 Å². The van der Waals surface area contributed by atoms with Crippen molar-refractivity contribution in [3.63, 3.8) is 0 Å². The molecular formula is C11H23N5O. The number of tetrazole rings is 1. The van der Waals surface area contributed by atoms with Crippen molar-refractivity contribution in [2.45, 2.75) is 39.8 Å². The maximum Gasteiger partial charge on any atom is 0.165 e. The normalized spacial score (nSPS) is 13.2. The minimum Gasteiger partial charge on any atom is -0.383 e. The van der Waals surface area contributed by atoms with Crippen molar-refractivity contribution in [2.75, 3.05) is 20.3 Å². The third-order valence-corrected chi connectivity index (χ3v) is 2.56. The van der Waals surface area contributed by atoms with Crippen LogP contribution in [0.2, 0.25) is 0 Å². The average Bonchev–Trinajstić information content (AvgIpc) is 2.71. The van der Waals surface area contributed by atoms with Gasteiger partial charge in [0.2, 0.25) is 0 Å². The van der Waals surface area contributed by atoms with Crippen LogP contribution in [-0.4, -0.2) is 40.5 Å². The van der Waals surface area contributed by atoms with Crippen LogP contribution < -0.4 is 5.32 Å². The summed E-state index contributed by atoms with van der Waals surface area (Å²) < 4.78 is 6.87. The second-order valence-corrected chi connectivity index (χ2v) is 4.69. The van der Waals surface area contributed by atoms with Gasteiger partial charge in [-0.05, 0) is 29.7 Å². The number of hydrogen-bond acceptors (Lipinski definition) is 5. The van der Waals surface area contributed by atoms with Crippen LogP contribution in [0.4, 0.5) is 0 Å². The van der Waals surface area contributed by atoms with E-state index in [9.17, 15) is 0 Å². The van der Waals surface area contributed by atoms with Crippen molar-refractivity contribution in [1.29, 1.82) is 0 Å². The third-order valence-electron chi connectivity index (χ3n) is 2.56. The van der Waals surface area contributed by atoms with Crippen molar-refractivity contribution in [3.05, 3.63) is 5.82 Å². The maximum atomic E-state index is 4.97. The Bertz CT molecular complexity index is 313. The number of ether oxygens (including phenoxy) is 1. The summed E-state index contributed by atoms with van der Waals surface area (Å²) in [5, 5.41) is 15.1. The lowest BCUT2D eigenvalue weighted by atomic mass is 10.1. The van der Waals surface area contributed by atoms with Gasteiger partial charge in [0.1, 0.15) is 0 Å². The largest absolute Gasteiger partial charge is 0.383 e. The predicted octanol–water partition coefficient (Wildman–Crippen LogP) is 1.02. The van der Waals surface area contributed by atoms with Gasteiger partial charge >= 0.3 is 0 Å². The molecule has 0 aliphatic rings. The zero-order chi connectivity index (χ0) is 12.7. The first-order valence-electron chi connectivity index (χ1n) is 6.11. The first-order valence-corrected chi connectivity index (χ1v) is 6.11. The van der Waals surface area contributed by atoms with Gasteiger partial charge in [0, 0.05) is 13.7 Å². The van der Waals surface area contributed by atoms with Crippen molar-refractivity contribution in [2.24, 2.45) is 5.92 Å². The van der Waals surface area contributed by atoms with Crippen LogP contribution in [0, 0.1) is 5.92 Å². The second-order valence-electron chi connectivity index (χ2n) is 4.69. The summed E-state index contributed by atoms with van der Waals surface area (Å²) in [5.41, 5.74) is 0. The highest BCUT2D eigenvalue weighted by atomic mass is 16.5. The van der Waals surface area contributed by atoms with E-state index in [1.807, 2.05) is 4.68 Å². The van der Waals surface area contributed by atoms with Gasteiger partial charge in [-0.1, -0.05) is 13.8 Å². The maximum absolute atomic E-state index is 4.97. The molecule has 1 rings (SSSR count). The smallest absolute Gasteiger partial charge is 0.165 e. The lowest BCUT2D eigenvalue weighted by Crippen LogP contribution is -2.22. The Morgan fingerprint density at radius 2 is 2.12 bits per heavy atom. The van der Waals surface area contributed by atoms with Crippen molar-refractivity contribution in [1.82, 2.24) is 25.5 Å². The average molecular weight is 241 g/mol. The molecule has 0 radical (unpaired) electrons. The number of methoxy groups -OCH3 is 1. The summed E-state index contributed by atoms with van der Waals surface area (Å²) in [6.07, 6.45) is 1.08. The first-order chi connectivity index (χ1) is 8.15. The molecule has 6 heteroatoms. The number of hydrogen-bond donors (Lipinski definition) is 1. The summed E-state index contributed by atoms with van der Waals surface area (Å²) >= 11 is 0. The van der Waals surface area contributed by atoms with Crippen molar-refractivity contribution < 1.29 is 4.74 Å². The molecular weight excluding hydrogens is 218 g/mol. The summed E-state index contributed by atoms with van der Waals surface area (Å²) in [6.45, 7) is 8.74. The van der Waals surface area contributed by atoms with Crippen LogP contribution >= 0.6 is 0 Å². The van der Waals surface area contributed by atoms with Crippen LogP contribution in [0.5, 0.6) is 0 Å². The van der Waals surface area contributed by atoms with E-state index in [1.54, 1.807) is 7.11 Å². The minimum atomic E-state index is 0.337. The van der Waals surface area contributed by atoms with Crippen LogP contribution in [0.25, 0.3) is 0 Å². The summed E-state index contributed by atoms with van der Waals surface area (Å²) in [7, 11) is 1.69. The number of nitrogens with one attached hydrogen (secondary N) is 1. The lowest BCUT2D eigenvalue weighted by Gasteiger charge is -2.15. The van der Waals surface area contributed by atoms with Gasteiger partial charge < -0.3 is 10.1 Å². The molecule has 1 aromatic rings. The van der Waals surface area contributed by atoms with Crippen molar-refractivity contribution in [3.8, 4) is 0 Å². The Morgan fingerprint density at radius 1 is 1.35 bits per heavy atom. The lowest BCUT2D eigenvalue weighted by molar-refractivity contribution is 0.198. The van der Waals surface area contributed by atoms with Gasteiger partial charge in [-0.25, -0.2) is 4.68 Å². The molecule has 0 spiro atoms. The predicted molar refractivity (Wildman–Crippen MR) is 65.6 cm³/mol. The molecule has 1 aromatic heterocycles. The van der Waals surface area contributed by atoms with Gasteiger partial charge in [0.15, 0.2) is 5.82 Å². The van der Waals surface area contributed by atoms with Crippen molar-refractivity contribution >= 4 is 0 Å². The number of nitrogens with zero attached hydrogens (tertiary/aromatic N) is 4. The standard InChI is InChI=1S/C11H23N5O/c1-9(2)7-10(3)16-11(13-14-15-16)8-12-5-6-17-4/h9-10,12H,5-8H2,1-4H3. The molecule has 98 valence electrons. The van der Waals surface area contributed by atoms with E-state index < -0.39 is 0 Å². The Morgan fingerprint density at radius 3 is 2.76 bits per heavy atom. The second kappa shape index (κ2) is 7.34. The monoisotopic (exact) mass is 241 g/mol. The summed E-state index contributed by atoms with van der Waals surface area (Å²) in [4.78, 5) is 0. The summed E-state index contributed by atoms with van der Waals surface area (Å²) in [6, 6.07) is 0.337. The van der Waals surface area contributed by atoms with E-state index >= 15 is 0 Å². The fourth-order valence-corrected chi connectivity index (χ4v) is 1.83. The fourth-order valence-electron chi connectivity index (χ4n) is 1.83. The molecule has 0 aliphatic heterocycles. The first kappa shape index (κ1) is 14.1. The molecule has 1 unspecified atom stereocenters. The summed E-state index contributed by atoms with van der Waals surface area (Å²) in [5.74, 6) is 1.53. The SMILES string of the molecule is COCCNCc1nnnn1C(C)CC(C)C. The molecule has 1 N–H and O–H groups in total. The highest BCUT2D eigenvalue weighted by molar-refractivity contribution is 4.83. The van der Waals surface area contributed by atoms with Gasteiger partial charge in [-0.3, -0.25) is 0 Å². The van der Waals surface area contributed by atoms with Gasteiger partial charge in [0.25, 0.3) is 0 Å². The van der Waals surface area contributed by atoms with E-state index in [4.69, 9.17) is 4.74 Å². The topological polar surface area (TPSA) is 64.9 Å². The van der Waals surface area contributed by atoms with Gasteiger partial charge in [-0.2, -0.15) is 0 Å². The minimum absolute atomic E-state index is 0.337. The molecule has 1 heterocycles. The fraction of sp³-hybridized carbons (Fsp3) is 0.909. The Balaban J connectivity index is 2.47. The van der Waals surface area contributed by atoms with Crippen LogP contribution in [0.1, 0.15) is 39.1 Å². The van der Waals surface area contributed by atoms with Crippen LogP contribution in [0.15, 0.2) is 0 Å². The van der Waals surface area contributed by atoms with E-state index in [0.717, 1.165) is 18.8 Å². The van der Waals surface area contributed by atoms with Gasteiger partial charge in [-0.15, -0.1) is 5.10 Å². The molecule has 1 atom stereocenters. The zero-order valence-electron chi connectivity index (χ0n) is 11.2. The molecule has 0 amide bonds. The Hall–Kier alpha value is -1.01. The molecule has 0 saturated heterocycles. The highest BCUT2D eigenvalue weighted by Crippen LogP contribution is 2.16. The number of aromatic nitrogens is 4. The molecule has 0 saturated carbocycles. The zero-order valence-corrected chi connectivity index (χ0v) is 11.2. The van der Waals surface area contributed by atoms with E-state index in [1.165, 1.54) is 0 Å². The molecule has 6 nitrogen and oxygen atoms in total. The van der Waals surface area contributed by atoms with E-state index in [-0.39, 0.29) is 0 Å². The van der Waals surface area contributed by atoms with Crippen LogP contribution in [-0.2, 0) is 11.3 Å². The van der Waals surface area contributed by atoms with Crippen LogP contribution in [0.3, 0.4) is 0 Å². The highest BCUT2D eigenvalue weighted by Gasteiger charge is 2.13. The molecule has 0 fully saturated rings. The molecule has 0 aromatic carbocycles. The van der Waals surface area contributed by atoms with E-state index in [0.29, 0.717) is 25.1 Å². The number of rotatable bonds is 8. The Kier molecular flexibility index (Phi) is 6.07. The molecule has 0 aliphatic carbocycles. The van der Waals surface area contributed by atoms with E-state index in [2.05, 4.69) is 41.6 Å². The molecule has 17 heavy (non-hydrogen) atoms. The van der Waals surface area contributed by atoms with Gasteiger partial charge in [0.05, 0.1) is 19.2 Å².